The second-order valence-corrected chi connectivity index (χ2v) is 6.47. The summed E-state index contributed by atoms with van der Waals surface area (Å²) in [5.74, 6) is 0.673. The van der Waals surface area contributed by atoms with Crippen molar-refractivity contribution in [2.75, 3.05) is 0 Å². The number of hydrogen-bond acceptors (Lipinski definition) is 1. The molecule has 2 aromatic rings. The zero-order chi connectivity index (χ0) is 13.4. The molecule has 1 aliphatic carbocycles. The van der Waals surface area contributed by atoms with Crippen LogP contribution in [0.5, 0.6) is 0 Å². The van der Waals surface area contributed by atoms with Gasteiger partial charge in [-0.1, -0.05) is 37.8 Å². The van der Waals surface area contributed by atoms with Gasteiger partial charge in [-0.15, -0.1) is 0 Å². The van der Waals surface area contributed by atoms with E-state index in [-0.39, 0.29) is 0 Å². The molecular formula is C15H19ClN2S. The summed E-state index contributed by atoms with van der Waals surface area (Å²) < 4.78 is 3.13. The van der Waals surface area contributed by atoms with Crippen molar-refractivity contribution in [3.63, 3.8) is 0 Å². The third-order valence-electron chi connectivity index (χ3n) is 4.33. The first-order chi connectivity index (χ1) is 9.16. The predicted octanol–water partition coefficient (Wildman–Crippen LogP) is 5.49. The topological polar surface area (TPSA) is 20.7 Å². The molecule has 2 unspecified atom stereocenters. The maximum absolute atomic E-state index is 6.15. The van der Waals surface area contributed by atoms with Crippen LogP contribution >= 0.6 is 23.8 Å². The van der Waals surface area contributed by atoms with Crippen LogP contribution in [-0.2, 0) is 0 Å². The number of aromatic amines is 1. The molecule has 1 aliphatic rings. The summed E-state index contributed by atoms with van der Waals surface area (Å²) in [6.07, 6.45) is 6.49. The highest BCUT2D eigenvalue weighted by Crippen LogP contribution is 2.35. The Kier molecular flexibility index (Phi) is 3.68. The summed E-state index contributed by atoms with van der Waals surface area (Å²) in [5.41, 5.74) is 2.24. The van der Waals surface area contributed by atoms with Gasteiger partial charge < -0.3 is 9.55 Å². The Hall–Kier alpha value is -0.800. The van der Waals surface area contributed by atoms with Crippen LogP contribution in [0.2, 0.25) is 5.02 Å². The molecule has 19 heavy (non-hydrogen) atoms. The molecule has 4 heteroatoms. The van der Waals surface area contributed by atoms with Crippen LogP contribution in [0.25, 0.3) is 11.0 Å². The Labute approximate surface area is 123 Å². The van der Waals surface area contributed by atoms with Crippen molar-refractivity contribution in [3.8, 4) is 0 Å². The van der Waals surface area contributed by atoms with Gasteiger partial charge in [0.2, 0.25) is 0 Å². The molecule has 1 fully saturated rings. The summed E-state index contributed by atoms with van der Waals surface area (Å²) in [5, 5.41) is 0.775. The molecule has 0 spiro atoms. The summed E-state index contributed by atoms with van der Waals surface area (Å²) in [6.45, 7) is 2.35. The van der Waals surface area contributed by atoms with Crippen LogP contribution in [0.1, 0.15) is 45.1 Å². The third-order valence-corrected chi connectivity index (χ3v) is 4.86. The quantitative estimate of drug-likeness (QED) is 0.544. The van der Waals surface area contributed by atoms with Gasteiger partial charge in [-0.05, 0) is 49.2 Å². The van der Waals surface area contributed by atoms with Gasteiger partial charge in [0.05, 0.1) is 11.0 Å². The van der Waals surface area contributed by atoms with Crippen molar-refractivity contribution in [1.82, 2.24) is 9.55 Å². The molecule has 0 saturated heterocycles. The van der Waals surface area contributed by atoms with Crippen LogP contribution in [0.15, 0.2) is 18.2 Å². The molecule has 0 amide bonds. The number of nitrogens with one attached hydrogen (secondary N) is 1. The van der Waals surface area contributed by atoms with E-state index < -0.39 is 0 Å². The summed E-state index contributed by atoms with van der Waals surface area (Å²) in [6, 6.07) is 6.46. The van der Waals surface area contributed by atoms with Crippen LogP contribution < -0.4 is 0 Å². The Morgan fingerprint density at radius 2 is 2.05 bits per heavy atom. The lowest BCUT2D eigenvalue weighted by atomic mass is 9.96. The highest BCUT2D eigenvalue weighted by molar-refractivity contribution is 7.71. The number of hydrogen-bond donors (Lipinski definition) is 1. The zero-order valence-electron chi connectivity index (χ0n) is 11.2. The minimum absolute atomic E-state index is 0.502. The van der Waals surface area contributed by atoms with Crippen molar-refractivity contribution in [2.45, 2.75) is 45.1 Å². The highest BCUT2D eigenvalue weighted by atomic mass is 35.5. The fourth-order valence-corrected chi connectivity index (χ4v) is 3.79. The molecule has 1 aromatic heterocycles. The van der Waals surface area contributed by atoms with Gasteiger partial charge in [-0.3, -0.25) is 0 Å². The average Bonchev–Trinajstić information content (AvgIpc) is 2.55. The zero-order valence-corrected chi connectivity index (χ0v) is 12.7. The van der Waals surface area contributed by atoms with Gasteiger partial charge in [0.1, 0.15) is 0 Å². The molecule has 102 valence electrons. The molecule has 1 heterocycles. The second kappa shape index (κ2) is 5.29. The fraction of sp³-hybridized carbons (Fsp3) is 0.533. The van der Waals surface area contributed by atoms with Gasteiger partial charge in [-0.2, -0.15) is 0 Å². The standard InChI is InChI=1S/C15H19ClN2S/c1-10-5-3-2-4-6-13(10)18-14-9-11(16)7-8-12(14)17-15(18)19/h7-10,13H,2-6H2,1H3,(H,17,19). The van der Waals surface area contributed by atoms with E-state index in [9.17, 15) is 0 Å². The van der Waals surface area contributed by atoms with E-state index in [4.69, 9.17) is 23.8 Å². The lowest BCUT2D eigenvalue weighted by Gasteiger charge is -2.23. The molecule has 2 nitrogen and oxygen atoms in total. The number of benzene rings is 1. The predicted molar refractivity (Wildman–Crippen MR) is 83.4 cm³/mol. The van der Waals surface area contributed by atoms with Crippen molar-refractivity contribution in [3.05, 3.63) is 28.0 Å². The molecule has 0 radical (unpaired) electrons. The smallest absolute Gasteiger partial charge is 0.178 e. The molecule has 2 atom stereocenters. The van der Waals surface area contributed by atoms with E-state index >= 15 is 0 Å². The molecule has 0 aliphatic heterocycles. The van der Waals surface area contributed by atoms with Crippen LogP contribution in [0, 0.1) is 10.7 Å². The Balaban J connectivity index is 2.15. The summed E-state index contributed by atoms with van der Waals surface area (Å²) >= 11 is 11.7. The number of imidazole rings is 1. The van der Waals surface area contributed by atoms with E-state index in [1.807, 2.05) is 18.2 Å². The number of H-pyrrole nitrogens is 1. The first-order valence-corrected chi connectivity index (χ1v) is 7.85. The number of fused-ring (bicyclic) bond motifs is 1. The lowest BCUT2D eigenvalue weighted by molar-refractivity contribution is 0.338. The average molecular weight is 295 g/mol. The number of nitrogens with zero attached hydrogens (tertiary/aromatic N) is 1. The second-order valence-electron chi connectivity index (χ2n) is 5.64. The number of rotatable bonds is 1. The third kappa shape index (κ3) is 2.46. The van der Waals surface area contributed by atoms with Gasteiger partial charge in [0.15, 0.2) is 4.77 Å². The van der Waals surface area contributed by atoms with Crippen molar-refractivity contribution in [2.24, 2.45) is 5.92 Å². The number of halogens is 1. The molecule has 0 bridgehead atoms. The van der Waals surface area contributed by atoms with Crippen molar-refractivity contribution >= 4 is 34.9 Å². The van der Waals surface area contributed by atoms with E-state index in [1.54, 1.807) is 0 Å². The van der Waals surface area contributed by atoms with E-state index in [1.165, 1.54) is 32.1 Å². The maximum atomic E-state index is 6.15. The van der Waals surface area contributed by atoms with Crippen molar-refractivity contribution in [1.29, 1.82) is 0 Å². The van der Waals surface area contributed by atoms with Crippen LogP contribution in [-0.4, -0.2) is 9.55 Å². The largest absolute Gasteiger partial charge is 0.331 e. The van der Waals surface area contributed by atoms with Gasteiger partial charge in [0.25, 0.3) is 0 Å². The minimum Gasteiger partial charge on any atom is -0.331 e. The Morgan fingerprint density at radius 1 is 1.26 bits per heavy atom. The summed E-state index contributed by atoms with van der Waals surface area (Å²) in [4.78, 5) is 3.31. The number of aromatic nitrogens is 2. The SMILES string of the molecule is CC1CCCCCC1n1c(=S)[nH]c2ccc(Cl)cc21. The lowest BCUT2D eigenvalue weighted by Crippen LogP contribution is -2.16. The molecular weight excluding hydrogens is 276 g/mol. The van der Waals surface area contributed by atoms with E-state index in [0.29, 0.717) is 12.0 Å². The van der Waals surface area contributed by atoms with E-state index in [2.05, 4.69) is 16.5 Å². The fourth-order valence-electron chi connectivity index (χ4n) is 3.28. The normalized spacial score (nSPS) is 24.5. The van der Waals surface area contributed by atoms with Gasteiger partial charge >= 0.3 is 0 Å². The Bertz CT molecular complexity index is 643. The molecule has 1 aromatic carbocycles. The van der Waals surface area contributed by atoms with Gasteiger partial charge in [-0.25, -0.2) is 0 Å². The van der Waals surface area contributed by atoms with E-state index in [0.717, 1.165) is 20.8 Å². The highest BCUT2D eigenvalue weighted by Gasteiger charge is 2.23. The minimum atomic E-state index is 0.502. The maximum Gasteiger partial charge on any atom is 0.178 e. The molecule has 1 N–H and O–H groups in total. The van der Waals surface area contributed by atoms with Crippen LogP contribution in [0.3, 0.4) is 0 Å². The Morgan fingerprint density at radius 3 is 2.89 bits per heavy atom. The van der Waals surface area contributed by atoms with Crippen molar-refractivity contribution < 1.29 is 0 Å². The molecule has 3 rings (SSSR count). The van der Waals surface area contributed by atoms with Crippen LogP contribution in [0.4, 0.5) is 0 Å². The monoisotopic (exact) mass is 294 g/mol. The van der Waals surface area contributed by atoms with Gasteiger partial charge in [0, 0.05) is 11.1 Å². The summed E-state index contributed by atoms with van der Waals surface area (Å²) in [7, 11) is 0. The first-order valence-electron chi connectivity index (χ1n) is 7.06. The first kappa shape index (κ1) is 13.2. The molecule has 1 saturated carbocycles.